The molecule has 5 rings (SSSR count). The van der Waals surface area contributed by atoms with E-state index in [2.05, 4.69) is 58.1 Å². The Morgan fingerprint density at radius 2 is 1.41 bits per heavy atom. The van der Waals surface area contributed by atoms with E-state index in [-0.39, 0.29) is 0 Å². The zero-order valence-corrected chi connectivity index (χ0v) is 22.9. The minimum Gasteiger partial charge on any atom is -0.716 e. The Bertz CT molecular complexity index is 1800. The predicted molar refractivity (Wildman–Crippen MR) is 146 cm³/mol. The number of carbonyl (C=O) groups is 1. The molecule has 2 aromatic heterocycles. The van der Waals surface area contributed by atoms with Gasteiger partial charge in [-0.3, -0.25) is 4.79 Å². The average molecular weight is 550 g/mol. The lowest BCUT2D eigenvalue weighted by Gasteiger charge is -2.12. The number of pyridine rings is 2. The standard InChI is InChI=1S/C27H24NO3.C2H4O5S/c1-17-21-16-27(31-4)26(30-3)14-20(21)12-24-22-15-23(18-8-6-5-7-9-18)25(29-2)13-19(22)10-11-28(17)24;1-2(3)7-8(4,5)6/h5-16H,1-4H3;1H3,(H,4,5,6)/q+1;/p-1. The van der Waals surface area contributed by atoms with Gasteiger partial charge < -0.3 is 22.9 Å². The molecule has 0 radical (unpaired) electrons. The minimum atomic E-state index is -4.82. The Balaban J connectivity index is 0.000000386. The van der Waals surface area contributed by atoms with Crippen LogP contribution in [0.25, 0.3) is 38.2 Å². The van der Waals surface area contributed by atoms with E-state index in [0.717, 1.165) is 62.7 Å². The molecule has 0 N–H and O–H groups in total. The second kappa shape index (κ2) is 11.1. The zero-order chi connectivity index (χ0) is 28.3. The van der Waals surface area contributed by atoms with Gasteiger partial charge in [0.05, 0.1) is 32.1 Å². The third-order valence-electron chi connectivity index (χ3n) is 6.21. The quantitative estimate of drug-likeness (QED) is 0.101. The van der Waals surface area contributed by atoms with Gasteiger partial charge in [0.1, 0.15) is 5.75 Å². The van der Waals surface area contributed by atoms with Crippen LogP contribution in [0.1, 0.15) is 12.6 Å². The molecule has 0 atom stereocenters. The van der Waals surface area contributed by atoms with E-state index in [1.807, 2.05) is 30.3 Å². The molecule has 0 aliphatic rings. The Morgan fingerprint density at radius 1 is 0.795 bits per heavy atom. The molecule has 0 aliphatic carbocycles. The fourth-order valence-corrected chi connectivity index (χ4v) is 4.81. The highest BCUT2D eigenvalue weighted by Gasteiger charge is 2.19. The predicted octanol–water partition coefficient (Wildman–Crippen LogP) is 4.74. The van der Waals surface area contributed by atoms with E-state index in [9.17, 15) is 17.8 Å². The first-order chi connectivity index (χ1) is 18.6. The summed E-state index contributed by atoms with van der Waals surface area (Å²) in [6.45, 7) is 2.96. The van der Waals surface area contributed by atoms with Gasteiger partial charge in [0.25, 0.3) is 10.4 Å². The van der Waals surface area contributed by atoms with Crippen LogP contribution in [-0.2, 0) is 19.4 Å². The summed E-state index contributed by atoms with van der Waals surface area (Å²) >= 11 is 0. The van der Waals surface area contributed by atoms with Crippen LogP contribution >= 0.6 is 0 Å². The van der Waals surface area contributed by atoms with Crippen LogP contribution in [0.2, 0.25) is 0 Å². The van der Waals surface area contributed by atoms with Crippen molar-refractivity contribution in [3.8, 4) is 28.4 Å². The normalized spacial score (nSPS) is 11.1. The van der Waals surface area contributed by atoms with Crippen molar-refractivity contribution in [2.24, 2.45) is 0 Å². The Labute approximate surface area is 226 Å². The number of benzene rings is 3. The fraction of sp³-hybridized carbons (Fsp3) is 0.172. The SMILES string of the molecule is CC(=O)OS(=O)(=O)[O-].COc1cc2cc3c4cc(-c5ccccc5)c(OC)cc4cc[n+]3c(C)c2cc1OC. The highest BCUT2D eigenvalue weighted by molar-refractivity contribution is 7.81. The van der Waals surface area contributed by atoms with Crippen molar-refractivity contribution in [2.75, 3.05) is 21.3 Å². The number of aromatic nitrogens is 1. The van der Waals surface area contributed by atoms with E-state index in [4.69, 9.17) is 14.2 Å². The molecule has 0 amide bonds. The maximum atomic E-state index is 9.66. The van der Waals surface area contributed by atoms with Gasteiger partial charge in [-0.15, -0.1) is 0 Å². The highest BCUT2D eigenvalue weighted by Crippen LogP contribution is 2.37. The number of hydrogen-bond acceptors (Lipinski definition) is 8. The monoisotopic (exact) mass is 549 g/mol. The van der Waals surface area contributed by atoms with Crippen LogP contribution in [0, 0.1) is 6.92 Å². The van der Waals surface area contributed by atoms with Crippen molar-refractivity contribution in [1.82, 2.24) is 0 Å². The summed E-state index contributed by atoms with van der Waals surface area (Å²) in [7, 11) is 0.233. The van der Waals surface area contributed by atoms with Gasteiger partial charge in [0.15, 0.2) is 23.4 Å². The topological polar surface area (TPSA) is 115 Å². The Hall–Kier alpha value is -4.41. The third-order valence-corrected chi connectivity index (χ3v) is 6.65. The van der Waals surface area contributed by atoms with Gasteiger partial charge in [-0.1, -0.05) is 30.3 Å². The van der Waals surface area contributed by atoms with Crippen molar-refractivity contribution in [3.05, 3.63) is 78.6 Å². The van der Waals surface area contributed by atoms with Gasteiger partial charge >= 0.3 is 5.97 Å². The average Bonchev–Trinajstić information content (AvgIpc) is 2.91. The van der Waals surface area contributed by atoms with E-state index >= 15 is 0 Å². The van der Waals surface area contributed by atoms with Crippen LogP contribution < -0.4 is 18.6 Å². The molecule has 39 heavy (non-hydrogen) atoms. The van der Waals surface area contributed by atoms with Gasteiger partial charge in [0, 0.05) is 31.5 Å². The molecule has 0 aliphatic heterocycles. The summed E-state index contributed by atoms with van der Waals surface area (Å²) in [6, 6.07) is 23.1. The summed E-state index contributed by atoms with van der Waals surface area (Å²) in [5.41, 5.74) is 4.49. The smallest absolute Gasteiger partial charge is 0.318 e. The lowest BCUT2D eigenvalue weighted by Crippen LogP contribution is -2.25. The van der Waals surface area contributed by atoms with E-state index < -0.39 is 16.4 Å². The lowest BCUT2D eigenvalue weighted by molar-refractivity contribution is -0.516. The molecular weight excluding hydrogens is 522 g/mol. The largest absolute Gasteiger partial charge is 0.716 e. The van der Waals surface area contributed by atoms with Crippen LogP contribution in [-0.4, -0.2) is 40.3 Å². The molecule has 0 bridgehead atoms. The first-order valence-electron chi connectivity index (χ1n) is 11.8. The maximum Gasteiger partial charge on any atom is 0.318 e. The molecule has 10 heteroatoms. The molecule has 9 nitrogen and oxygen atoms in total. The summed E-state index contributed by atoms with van der Waals surface area (Å²) < 4.78 is 50.6. The second-order valence-corrected chi connectivity index (χ2v) is 9.57. The number of ether oxygens (including phenoxy) is 3. The molecule has 0 spiro atoms. The van der Waals surface area contributed by atoms with Gasteiger partial charge in [-0.25, -0.2) is 8.42 Å². The lowest BCUT2D eigenvalue weighted by atomic mass is 9.98. The van der Waals surface area contributed by atoms with E-state index in [0.29, 0.717) is 0 Å². The van der Waals surface area contributed by atoms with Crippen molar-refractivity contribution in [3.63, 3.8) is 0 Å². The molecular formula is C29H27NO8S. The number of nitrogens with zero attached hydrogens (tertiary/aromatic N) is 1. The second-order valence-electron chi connectivity index (χ2n) is 8.58. The van der Waals surface area contributed by atoms with Crippen LogP contribution in [0.5, 0.6) is 17.2 Å². The maximum absolute atomic E-state index is 9.66. The van der Waals surface area contributed by atoms with Crippen LogP contribution in [0.15, 0.2) is 72.9 Å². The Kier molecular flexibility index (Phi) is 7.89. The summed E-state index contributed by atoms with van der Waals surface area (Å²) in [6.07, 6.45) is 2.12. The molecule has 5 aromatic rings. The number of hydrogen-bond donors (Lipinski definition) is 0. The molecule has 202 valence electrons. The van der Waals surface area contributed by atoms with Crippen molar-refractivity contribution >= 4 is 43.4 Å². The van der Waals surface area contributed by atoms with Gasteiger partial charge in [-0.2, -0.15) is 4.40 Å². The van der Waals surface area contributed by atoms with Gasteiger partial charge in [-0.05, 0) is 40.6 Å². The number of methoxy groups -OCH3 is 3. The Morgan fingerprint density at radius 3 is 1.97 bits per heavy atom. The minimum absolute atomic E-state index is 0.727. The molecule has 0 saturated heterocycles. The molecule has 3 aromatic carbocycles. The summed E-state index contributed by atoms with van der Waals surface area (Å²) in [5.74, 6) is 1.20. The summed E-state index contributed by atoms with van der Waals surface area (Å²) in [5, 5.41) is 4.55. The van der Waals surface area contributed by atoms with Crippen LogP contribution in [0.3, 0.4) is 0 Å². The molecule has 2 heterocycles. The van der Waals surface area contributed by atoms with Crippen LogP contribution in [0.4, 0.5) is 0 Å². The van der Waals surface area contributed by atoms with E-state index in [1.165, 1.54) is 5.39 Å². The van der Waals surface area contributed by atoms with Gasteiger partial charge in [0.2, 0.25) is 5.52 Å². The summed E-state index contributed by atoms with van der Waals surface area (Å²) in [4.78, 5) is 9.66. The first kappa shape index (κ1) is 27.6. The third kappa shape index (κ3) is 5.87. The van der Waals surface area contributed by atoms with Crippen molar-refractivity contribution in [2.45, 2.75) is 13.8 Å². The highest BCUT2D eigenvalue weighted by atomic mass is 32.3. The number of aryl methyl sites for hydroxylation is 1. The molecule has 0 unspecified atom stereocenters. The first-order valence-corrected chi connectivity index (χ1v) is 13.1. The number of carbonyl (C=O) groups excluding carboxylic acids is 1. The van der Waals surface area contributed by atoms with Crippen molar-refractivity contribution in [1.29, 1.82) is 0 Å². The fourth-order valence-electron chi connectivity index (χ4n) is 4.52. The number of rotatable bonds is 5. The molecule has 0 saturated carbocycles. The van der Waals surface area contributed by atoms with E-state index in [1.54, 1.807) is 21.3 Å². The zero-order valence-electron chi connectivity index (χ0n) is 22.0. The van der Waals surface area contributed by atoms with Crippen molar-refractivity contribution < 1.29 is 40.6 Å². The number of fused-ring (bicyclic) bond motifs is 4. The molecule has 0 fully saturated rings.